The van der Waals surface area contributed by atoms with Crippen molar-refractivity contribution in [3.63, 3.8) is 0 Å². The standard InChI is InChI=1S/C18H22N2O2/c1-4-15(18(21)22-5-2)10-9-13-17(14-19)20(3)16-11-7-6-8-12-16/h6-13,15H,4-5H2,1-3H3/b10-9+,17-13-. The predicted octanol–water partition coefficient (Wildman–Crippen LogP) is 3.68. The molecule has 1 aromatic carbocycles. The molecule has 0 fully saturated rings. The Morgan fingerprint density at radius 3 is 2.59 bits per heavy atom. The van der Waals surface area contributed by atoms with Crippen molar-refractivity contribution in [1.29, 1.82) is 5.26 Å². The van der Waals surface area contributed by atoms with Crippen molar-refractivity contribution >= 4 is 11.7 Å². The van der Waals surface area contributed by atoms with E-state index in [1.807, 2.05) is 44.3 Å². The minimum absolute atomic E-state index is 0.232. The minimum atomic E-state index is -0.279. The number of nitrogens with zero attached hydrogens (tertiary/aromatic N) is 2. The number of nitriles is 1. The number of para-hydroxylation sites is 1. The van der Waals surface area contributed by atoms with Crippen LogP contribution in [0.4, 0.5) is 5.69 Å². The number of carbonyl (C=O) groups is 1. The average Bonchev–Trinajstić information content (AvgIpc) is 2.55. The molecular formula is C18H22N2O2. The van der Waals surface area contributed by atoms with E-state index in [1.54, 1.807) is 30.1 Å². The Morgan fingerprint density at radius 2 is 2.05 bits per heavy atom. The highest BCUT2D eigenvalue weighted by Crippen LogP contribution is 2.16. The van der Waals surface area contributed by atoms with E-state index >= 15 is 0 Å². The van der Waals surface area contributed by atoms with Gasteiger partial charge in [-0.25, -0.2) is 0 Å². The van der Waals surface area contributed by atoms with Gasteiger partial charge < -0.3 is 9.64 Å². The molecule has 0 bridgehead atoms. The number of benzene rings is 1. The third-order valence-corrected chi connectivity index (χ3v) is 3.25. The first-order valence-corrected chi connectivity index (χ1v) is 7.38. The number of hydrogen-bond donors (Lipinski definition) is 0. The normalized spacial score (nSPS) is 12.7. The van der Waals surface area contributed by atoms with Gasteiger partial charge in [0.15, 0.2) is 0 Å². The van der Waals surface area contributed by atoms with Gasteiger partial charge >= 0.3 is 5.97 Å². The molecule has 0 spiro atoms. The molecule has 0 radical (unpaired) electrons. The first-order chi connectivity index (χ1) is 10.6. The van der Waals surface area contributed by atoms with Crippen molar-refractivity contribution < 1.29 is 9.53 Å². The second kappa shape index (κ2) is 9.41. The molecule has 116 valence electrons. The molecule has 0 aromatic heterocycles. The van der Waals surface area contributed by atoms with Crippen LogP contribution in [-0.2, 0) is 9.53 Å². The zero-order valence-corrected chi connectivity index (χ0v) is 13.3. The summed E-state index contributed by atoms with van der Waals surface area (Å²) in [6.07, 6.45) is 5.88. The summed E-state index contributed by atoms with van der Waals surface area (Å²) >= 11 is 0. The number of ether oxygens (including phenoxy) is 1. The van der Waals surface area contributed by atoms with Crippen molar-refractivity contribution in [3.05, 3.63) is 54.3 Å². The highest BCUT2D eigenvalue weighted by molar-refractivity contribution is 5.74. The third-order valence-electron chi connectivity index (χ3n) is 3.25. The Kier molecular flexibility index (Phi) is 7.49. The van der Waals surface area contributed by atoms with Gasteiger partial charge in [0, 0.05) is 12.7 Å². The molecular weight excluding hydrogens is 276 g/mol. The summed E-state index contributed by atoms with van der Waals surface area (Å²) in [5, 5.41) is 9.29. The van der Waals surface area contributed by atoms with E-state index in [-0.39, 0.29) is 11.9 Å². The number of hydrogen-bond acceptors (Lipinski definition) is 4. The Morgan fingerprint density at radius 1 is 1.36 bits per heavy atom. The summed E-state index contributed by atoms with van der Waals surface area (Å²) in [6.45, 7) is 4.09. The van der Waals surface area contributed by atoms with Crippen molar-refractivity contribution in [3.8, 4) is 6.07 Å². The maximum Gasteiger partial charge on any atom is 0.312 e. The van der Waals surface area contributed by atoms with E-state index in [0.29, 0.717) is 18.7 Å². The summed E-state index contributed by atoms with van der Waals surface area (Å²) in [4.78, 5) is 13.5. The molecule has 1 atom stereocenters. The minimum Gasteiger partial charge on any atom is -0.466 e. The number of rotatable bonds is 7. The van der Waals surface area contributed by atoms with Gasteiger partial charge in [0.2, 0.25) is 0 Å². The van der Waals surface area contributed by atoms with Crippen molar-refractivity contribution in [2.24, 2.45) is 5.92 Å². The fraction of sp³-hybridized carbons (Fsp3) is 0.333. The summed E-state index contributed by atoms with van der Waals surface area (Å²) < 4.78 is 5.01. The van der Waals surface area contributed by atoms with Crippen molar-refractivity contribution in [2.75, 3.05) is 18.6 Å². The van der Waals surface area contributed by atoms with Crippen molar-refractivity contribution in [2.45, 2.75) is 20.3 Å². The van der Waals surface area contributed by atoms with Gasteiger partial charge in [-0.3, -0.25) is 4.79 Å². The van der Waals surface area contributed by atoms with Gasteiger partial charge in [-0.2, -0.15) is 5.26 Å². The molecule has 0 saturated heterocycles. The number of allylic oxidation sites excluding steroid dienone is 3. The molecule has 4 heteroatoms. The van der Waals surface area contributed by atoms with Gasteiger partial charge in [0.25, 0.3) is 0 Å². The first kappa shape index (κ1) is 17.5. The lowest BCUT2D eigenvalue weighted by Crippen LogP contribution is -2.15. The second-order valence-electron chi connectivity index (χ2n) is 4.71. The average molecular weight is 298 g/mol. The molecule has 0 amide bonds. The van der Waals surface area contributed by atoms with E-state index in [1.165, 1.54) is 0 Å². The highest BCUT2D eigenvalue weighted by atomic mass is 16.5. The Labute approximate surface area is 132 Å². The van der Waals surface area contributed by atoms with Gasteiger partial charge in [0.1, 0.15) is 11.8 Å². The lowest BCUT2D eigenvalue weighted by atomic mass is 10.1. The van der Waals surface area contributed by atoms with Gasteiger partial charge in [-0.15, -0.1) is 0 Å². The van der Waals surface area contributed by atoms with Crippen LogP contribution in [0.25, 0.3) is 0 Å². The maximum atomic E-state index is 11.7. The zero-order valence-electron chi connectivity index (χ0n) is 13.3. The van der Waals surface area contributed by atoms with Crippen LogP contribution in [0.15, 0.2) is 54.3 Å². The maximum absolute atomic E-state index is 11.7. The Bertz CT molecular complexity index is 570. The zero-order chi connectivity index (χ0) is 16.4. The predicted molar refractivity (Wildman–Crippen MR) is 88.1 cm³/mol. The van der Waals surface area contributed by atoms with Gasteiger partial charge in [-0.1, -0.05) is 37.3 Å². The smallest absolute Gasteiger partial charge is 0.312 e. The van der Waals surface area contributed by atoms with E-state index in [2.05, 4.69) is 6.07 Å². The Balaban J connectivity index is 2.82. The monoisotopic (exact) mass is 298 g/mol. The van der Waals surface area contributed by atoms with Crippen molar-refractivity contribution in [1.82, 2.24) is 0 Å². The summed E-state index contributed by atoms with van der Waals surface area (Å²) in [5.41, 5.74) is 1.43. The highest BCUT2D eigenvalue weighted by Gasteiger charge is 2.13. The molecule has 0 aliphatic heterocycles. The third kappa shape index (κ3) is 5.10. The van der Waals surface area contributed by atoms with Crippen LogP contribution in [0.3, 0.4) is 0 Å². The molecule has 0 saturated carbocycles. The van der Waals surface area contributed by atoms with Crippen LogP contribution < -0.4 is 4.90 Å². The molecule has 1 unspecified atom stereocenters. The van der Waals surface area contributed by atoms with E-state index in [9.17, 15) is 10.1 Å². The van der Waals surface area contributed by atoms with E-state index in [0.717, 1.165) is 5.69 Å². The summed E-state index contributed by atoms with van der Waals surface area (Å²) in [6, 6.07) is 11.8. The summed E-state index contributed by atoms with van der Waals surface area (Å²) in [5.74, 6) is -0.511. The molecule has 0 heterocycles. The molecule has 1 rings (SSSR count). The van der Waals surface area contributed by atoms with Crippen LogP contribution in [0.1, 0.15) is 20.3 Å². The SMILES string of the molecule is CCOC(=O)C(/C=C/C=C(/C#N)N(C)c1ccccc1)CC. The van der Waals surface area contributed by atoms with Gasteiger partial charge in [0.05, 0.1) is 12.5 Å². The van der Waals surface area contributed by atoms with E-state index in [4.69, 9.17) is 4.74 Å². The van der Waals surface area contributed by atoms with Crippen LogP contribution in [0, 0.1) is 17.2 Å². The van der Waals surface area contributed by atoms with E-state index < -0.39 is 0 Å². The molecule has 1 aromatic rings. The van der Waals surface area contributed by atoms with Crippen LogP contribution in [-0.4, -0.2) is 19.6 Å². The summed E-state index contributed by atoms with van der Waals surface area (Å²) in [7, 11) is 1.83. The lowest BCUT2D eigenvalue weighted by Gasteiger charge is -2.17. The number of esters is 1. The largest absolute Gasteiger partial charge is 0.466 e. The second-order valence-corrected chi connectivity index (χ2v) is 4.71. The number of anilines is 1. The van der Waals surface area contributed by atoms with Crippen LogP contribution >= 0.6 is 0 Å². The fourth-order valence-electron chi connectivity index (χ4n) is 1.93. The first-order valence-electron chi connectivity index (χ1n) is 7.38. The fourth-order valence-corrected chi connectivity index (χ4v) is 1.93. The lowest BCUT2D eigenvalue weighted by molar-refractivity contribution is -0.146. The van der Waals surface area contributed by atoms with Crippen LogP contribution in [0.5, 0.6) is 0 Å². The van der Waals surface area contributed by atoms with Crippen LogP contribution in [0.2, 0.25) is 0 Å². The van der Waals surface area contributed by atoms with Gasteiger partial charge in [-0.05, 0) is 31.6 Å². The Hall–Kier alpha value is -2.54. The molecule has 22 heavy (non-hydrogen) atoms. The molecule has 0 aliphatic rings. The molecule has 4 nitrogen and oxygen atoms in total. The molecule has 0 aliphatic carbocycles. The quantitative estimate of drug-likeness (QED) is 0.438. The topological polar surface area (TPSA) is 53.3 Å². The molecule has 0 N–H and O–H groups in total. The number of carbonyl (C=O) groups excluding carboxylic acids is 1.